The zero-order valence-electron chi connectivity index (χ0n) is 11.7. The molecule has 20 heavy (non-hydrogen) atoms. The lowest BCUT2D eigenvalue weighted by Gasteiger charge is -2.23. The minimum atomic E-state index is -1.39. The van der Waals surface area contributed by atoms with Crippen molar-refractivity contribution in [1.29, 1.82) is 0 Å². The van der Waals surface area contributed by atoms with Crippen LogP contribution in [-0.4, -0.2) is 7.05 Å². The SMILES string of the molecule is CNC(/C1=C/CCCCCC1)c1ccc(F)c(F)c1F. The van der Waals surface area contributed by atoms with Crippen LogP contribution in [-0.2, 0) is 0 Å². The fourth-order valence-electron chi connectivity index (χ4n) is 2.78. The zero-order valence-corrected chi connectivity index (χ0v) is 11.7. The van der Waals surface area contributed by atoms with Crippen molar-refractivity contribution in [2.24, 2.45) is 0 Å². The second kappa shape index (κ2) is 6.93. The fourth-order valence-corrected chi connectivity index (χ4v) is 2.78. The number of benzene rings is 1. The van der Waals surface area contributed by atoms with Gasteiger partial charge in [-0.15, -0.1) is 0 Å². The fraction of sp³-hybridized carbons (Fsp3) is 0.500. The first kappa shape index (κ1) is 15.1. The first-order valence-corrected chi connectivity index (χ1v) is 7.14. The normalized spacial score (nSPS) is 20.7. The van der Waals surface area contributed by atoms with Crippen LogP contribution in [0.1, 0.15) is 50.1 Å². The van der Waals surface area contributed by atoms with Crippen molar-refractivity contribution in [2.45, 2.75) is 44.6 Å². The van der Waals surface area contributed by atoms with Gasteiger partial charge in [-0.25, -0.2) is 13.2 Å². The third-order valence-electron chi connectivity index (χ3n) is 3.86. The van der Waals surface area contributed by atoms with Crippen LogP contribution < -0.4 is 5.32 Å². The van der Waals surface area contributed by atoms with Gasteiger partial charge < -0.3 is 5.32 Å². The summed E-state index contributed by atoms with van der Waals surface area (Å²) in [5, 5.41) is 3.03. The Morgan fingerprint density at radius 3 is 2.50 bits per heavy atom. The molecular weight excluding hydrogens is 263 g/mol. The van der Waals surface area contributed by atoms with E-state index in [9.17, 15) is 13.2 Å². The molecule has 0 aromatic heterocycles. The van der Waals surface area contributed by atoms with Gasteiger partial charge in [-0.2, -0.15) is 0 Å². The molecule has 1 atom stereocenters. The molecule has 1 N–H and O–H groups in total. The maximum atomic E-state index is 14.0. The predicted octanol–water partition coefficient (Wildman–Crippen LogP) is 4.65. The van der Waals surface area contributed by atoms with E-state index >= 15 is 0 Å². The van der Waals surface area contributed by atoms with Crippen LogP contribution in [0.25, 0.3) is 0 Å². The van der Waals surface area contributed by atoms with E-state index in [2.05, 4.69) is 11.4 Å². The summed E-state index contributed by atoms with van der Waals surface area (Å²) in [7, 11) is 1.71. The van der Waals surface area contributed by atoms with Gasteiger partial charge in [-0.3, -0.25) is 0 Å². The molecule has 0 saturated carbocycles. The Bertz CT molecular complexity index is 497. The minimum absolute atomic E-state index is 0.179. The van der Waals surface area contributed by atoms with Crippen LogP contribution in [0.2, 0.25) is 0 Å². The van der Waals surface area contributed by atoms with Crippen LogP contribution in [0.3, 0.4) is 0 Å². The van der Waals surface area contributed by atoms with E-state index in [1.54, 1.807) is 7.05 Å². The first-order valence-electron chi connectivity index (χ1n) is 7.14. The summed E-state index contributed by atoms with van der Waals surface area (Å²) in [5.41, 5.74) is 1.25. The first-order chi connectivity index (χ1) is 9.65. The highest BCUT2D eigenvalue weighted by Crippen LogP contribution is 2.31. The molecular formula is C16H20F3N. The molecule has 2 rings (SSSR count). The van der Waals surface area contributed by atoms with E-state index in [1.807, 2.05) is 0 Å². The molecule has 1 unspecified atom stereocenters. The summed E-state index contributed by atoms with van der Waals surface area (Å²) < 4.78 is 40.4. The van der Waals surface area contributed by atoms with E-state index in [-0.39, 0.29) is 11.6 Å². The minimum Gasteiger partial charge on any atom is -0.310 e. The van der Waals surface area contributed by atoms with Gasteiger partial charge in [0, 0.05) is 5.56 Å². The summed E-state index contributed by atoms with van der Waals surface area (Å²) in [6.07, 6.45) is 8.49. The quantitative estimate of drug-likeness (QED) is 0.629. The van der Waals surface area contributed by atoms with Gasteiger partial charge in [0.25, 0.3) is 0 Å². The highest BCUT2D eigenvalue weighted by Gasteiger charge is 2.22. The van der Waals surface area contributed by atoms with E-state index in [1.165, 1.54) is 12.5 Å². The Balaban J connectivity index is 2.34. The monoisotopic (exact) mass is 283 g/mol. The highest BCUT2D eigenvalue weighted by molar-refractivity contribution is 5.31. The van der Waals surface area contributed by atoms with Crippen LogP contribution >= 0.6 is 0 Å². The van der Waals surface area contributed by atoms with Crippen molar-refractivity contribution >= 4 is 0 Å². The van der Waals surface area contributed by atoms with Gasteiger partial charge >= 0.3 is 0 Å². The number of nitrogens with one attached hydrogen (secondary N) is 1. The van der Waals surface area contributed by atoms with E-state index in [0.717, 1.165) is 43.7 Å². The number of allylic oxidation sites excluding steroid dienone is 1. The number of hydrogen-bond acceptors (Lipinski definition) is 1. The Morgan fingerprint density at radius 1 is 1.00 bits per heavy atom. The Labute approximate surface area is 117 Å². The van der Waals surface area contributed by atoms with Crippen LogP contribution in [0.5, 0.6) is 0 Å². The molecule has 1 aliphatic rings. The van der Waals surface area contributed by atoms with Gasteiger partial charge in [-0.05, 0) is 38.8 Å². The third kappa shape index (κ3) is 3.23. The van der Waals surface area contributed by atoms with E-state index < -0.39 is 17.5 Å². The largest absolute Gasteiger partial charge is 0.310 e. The molecule has 0 fully saturated rings. The third-order valence-corrected chi connectivity index (χ3v) is 3.86. The molecule has 0 bridgehead atoms. The molecule has 0 heterocycles. The Kier molecular flexibility index (Phi) is 5.24. The van der Waals surface area contributed by atoms with Crippen LogP contribution in [0.15, 0.2) is 23.8 Å². The van der Waals surface area contributed by atoms with Gasteiger partial charge in [0.1, 0.15) is 0 Å². The maximum Gasteiger partial charge on any atom is 0.194 e. The molecule has 1 aromatic carbocycles. The van der Waals surface area contributed by atoms with Crippen molar-refractivity contribution in [1.82, 2.24) is 5.32 Å². The lowest BCUT2D eigenvalue weighted by atomic mass is 9.90. The molecule has 1 aromatic rings. The molecule has 0 amide bonds. The van der Waals surface area contributed by atoms with Crippen molar-refractivity contribution < 1.29 is 13.2 Å². The molecule has 1 aliphatic carbocycles. The van der Waals surface area contributed by atoms with Gasteiger partial charge in [0.2, 0.25) is 0 Å². The van der Waals surface area contributed by atoms with Crippen molar-refractivity contribution in [3.63, 3.8) is 0 Å². The van der Waals surface area contributed by atoms with Gasteiger partial charge in [-0.1, -0.05) is 30.6 Å². The molecule has 110 valence electrons. The van der Waals surface area contributed by atoms with Crippen molar-refractivity contribution in [3.8, 4) is 0 Å². The molecule has 0 spiro atoms. The predicted molar refractivity (Wildman–Crippen MR) is 73.9 cm³/mol. The van der Waals surface area contributed by atoms with Crippen molar-refractivity contribution in [3.05, 3.63) is 46.8 Å². The topological polar surface area (TPSA) is 12.0 Å². The molecule has 0 aliphatic heterocycles. The lowest BCUT2D eigenvalue weighted by Crippen LogP contribution is -2.21. The summed E-state index contributed by atoms with van der Waals surface area (Å²) in [6, 6.07) is 1.93. The average molecular weight is 283 g/mol. The van der Waals surface area contributed by atoms with Crippen LogP contribution in [0.4, 0.5) is 13.2 Å². The highest BCUT2D eigenvalue weighted by atomic mass is 19.2. The standard InChI is InChI=1S/C16H20F3N/c1-20-16(11-7-5-3-2-4-6-8-11)12-9-10-13(17)15(19)14(12)18/h7,9-10,16,20H,2-6,8H2,1H3/b11-7+. The summed E-state index contributed by atoms with van der Waals surface area (Å²) >= 11 is 0. The Morgan fingerprint density at radius 2 is 1.75 bits per heavy atom. The number of halogens is 3. The summed E-state index contributed by atoms with van der Waals surface area (Å²) in [4.78, 5) is 0. The lowest BCUT2D eigenvalue weighted by molar-refractivity contribution is 0.432. The number of hydrogen-bond donors (Lipinski definition) is 1. The molecule has 0 saturated heterocycles. The van der Waals surface area contributed by atoms with Crippen LogP contribution in [0, 0.1) is 17.5 Å². The summed E-state index contributed by atoms with van der Waals surface area (Å²) in [6.45, 7) is 0. The average Bonchev–Trinajstić information content (AvgIpc) is 2.41. The smallest absolute Gasteiger partial charge is 0.194 e. The second-order valence-electron chi connectivity index (χ2n) is 5.22. The Hall–Kier alpha value is -1.29. The molecule has 4 heteroatoms. The van der Waals surface area contributed by atoms with Gasteiger partial charge in [0.05, 0.1) is 6.04 Å². The summed E-state index contributed by atoms with van der Waals surface area (Å²) in [5.74, 6) is -3.63. The van der Waals surface area contributed by atoms with E-state index in [0.29, 0.717) is 0 Å². The zero-order chi connectivity index (χ0) is 14.5. The molecule has 0 radical (unpaired) electrons. The van der Waals surface area contributed by atoms with Gasteiger partial charge in [0.15, 0.2) is 17.5 Å². The maximum absolute atomic E-state index is 14.0. The molecule has 1 nitrogen and oxygen atoms in total. The van der Waals surface area contributed by atoms with E-state index in [4.69, 9.17) is 0 Å². The number of rotatable bonds is 3. The number of likely N-dealkylation sites (N-methyl/N-ethyl adjacent to an activating group) is 1. The second-order valence-corrected chi connectivity index (χ2v) is 5.22. The van der Waals surface area contributed by atoms with Crippen molar-refractivity contribution in [2.75, 3.05) is 7.05 Å².